The molecule has 1 amide bonds. The quantitative estimate of drug-likeness (QED) is 0.427. The minimum Gasteiger partial charge on any atom is -0.491 e. The topological polar surface area (TPSA) is 69.7 Å². The third kappa shape index (κ3) is 6.31. The molecule has 0 aliphatic carbocycles. The van der Waals surface area contributed by atoms with Crippen LogP contribution >= 0.6 is 0 Å². The molecule has 6 heteroatoms. The molecule has 1 atom stereocenters. The van der Waals surface area contributed by atoms with Gasteiger partial charge in [0.2, 0.25) is 0 Å². The fourth-order valence-corrected chi connectivity index (χ4v) is 3.18. The van der Waals surface area contributed by atoms with E-state index in [-0.39, 0.29) is 18.1 Å². The average Bonchev–Trinajstić information content (AvgIpc) is 2.76. The maximum Gasteiger partial charge on any atom is 0.257 e. The highest BCUT2D eigenvalue weighted by molar-refractivity contribution is 6.05. The molecule has 0 saturated carbocycles. The predicted octanol–water partition coefficient (Wildman–Crippen LogP) is 6.32. The zero-order valence-electron chi connectivity index (χ0n) is 19.2. The zero-order chi connectivity index (χ0) is 23.1. The van der Waals surface area contributed by atoms with E-state index in [9.17, 15) is 4.79 Å². The van der Waals surface area contributed by atoms with Crippen molar-refractivity contribution in [2.24, 2.45) is 0 Å². The van der Waals surface area contributed by atoms with Crippen molar-refractivity contribution in [1.82, 2.24) is 4.98 Å². The average molecular weight is 435 g/mol. The highest BCUT2D eigenvalue weighted by Crippen LogP contribution is 2.26. The van der Waals surface area contributed by atoms with Crippen LogP contribution in [0, 0.1) is 6.92 Å². The van der Waals surface area contributed by atoms with Gasteiger partial charge in [-0.05, 0) is 95.3 Å². The van der Waals surface area contributed by atoms with Crippen molar-refractivity contribution < 1.29 is 19.0 Å². The lowest BCUT2D eigenvalue weighted by Crippen LogP contribution is -2.15. The van der Waals surface area contributed by atoms with Gasteiger partial charge in [0.15, 0.2) is 0 Å². The highest BCUT2D eigenvalue weighted by Gasteiger charge is 2.14. The Balaban J connectivity index is 1.61. The first-order valence-electron chi connectivity index (χ1n) is 10.8. The lowest BCUT2D eigenvalue weighted by Gasteiger charge is -2.14. The Bertz CT molecular complexity index is 1030. The van der Waals surface area contributed by atoms with Gasteiger partial charge >= 0.3 is 0 Å². The van der Waals surface area contributed by atoms with E-state index in [4.69, 9.17) is 14.2 Å². The SMILES string of the molecule is CCOC(C)c1ccc(C(=O)Nc2ccc(Oc3ccc(OC(C)C)cc3)cc2)c(C)n1. The lowest BCUT2D eigenvalue weighted by atomic mass is 10.1. The Labute approximate surface area is 189 Å². The van der Waals surface area contributed by atoms with E-state index in [1.54, 1.807) is 18.2 Å². The first-order valence-corrected chi connectivity index (χ1v) is 10.8. The van der Waals surface area contributed by atoms with Crippen molar-refractivity contribution in [1.29, 1.82) is 0 Å². The van der Waals surface area contributed by atoms with Gasteiger partial charge in [-0.25, -0.2) is 0 Å². The number of hydrogen-bond donors (Lipinski definition) is 1. The minimum atomic E-state index is -0.208. The maximum absolute atomic E-state index is 12.7. The molecule has 3 rings (SSSR count). The number of nitrogens with one attached hydrogen (secondary N) is 1. The molecule has 1 unspecified atom stereocenters. The molecule has 0 saturated heterocycles. The molecule has 0 fully saturated rings. The number of hydrogen-bond acceptors (Lipinski definition) is 5. The molecule has 2 aromatic carbocycles. The number of benzene rings is 2. The molecule has 6 nitrogen and oxygen atoms in total. The van der Waals surface area contributed by atoms with E-state index in [2.05, 4.69) is 10.3 Å². The van der Waals surface area contributed by atoms with E-state index < -0.39 is 0 Å². The summed E-state index contributed by atoms with van der Waals surface area (Å²) in [5, 5.41) is 2.91. The molecular formula is C26H30N2O4. The molecule has 32 heavy (non-hydrogen) atoms. The minimum absolute atomic E-state index is 0.109. The second-order valence-corrected chi connectivity index (χ2v) is 7.69. The van der Waals surface area contributed by atoms with Gasteiger partial charge in [-0.2, -0.15) is 0 Å². The second kappa shape index (κ2) is 10.8. The van der Waals surface area contributed by atoms with Crippen LogP contribution in [0.5, 0.6) is 17.2 Å². The van der Waals surface area contributed by atoms with Crippen molar-refractivity contribution in [3.63, 3.8) is 0 Å². The van der Waals surface area contributed by atoms with Gasteiger partial charge in [0, 0.05) is 12.3 Å². The van der Waals surface area contributed by atoms with E-state index in [1.807, 2.05) is 77.1 Å². The van der Waals surface area contributed by atoms with Crippen molar-refractivity contribution >= 4 is 11.6 Å². The van der Waals surface area contributed by atoms with E-state index in [0.29, 0.717) is 35.1 Å². The fourth-order valence-electron chi connectivity index (χ4n) is 3.18. The number of pyridine rings is 1. The Morgan fingerprint density at radius 2 is 1.50 bits per heavy atom. The van der Waals surface area contributed by atoms with Crippen LogP contribution in [-0.4, -0.2) is 23.6 Å². The summed E-state index contributed by atoms with van der Waals surface area (Å²) in [6, 6.07) is 18.3. The third-order valence-electron chi connectivity index (χ3n) is 4.73. The summed E-state index contributed by atoms with van der Waals surface area (Å²) >= 11 is 0. The maximum atomic E-state index is 12.7. The van der Waals surface area contributed by atoms with Crippen LogP contribution in [0.15, 0.2) is 60.7 Å². The Morgan fingerprint density at radius 1 is 0.906 bits per heavy atom. The van der Waals surface area contributed by atoms with Gasteiger partial charge < -0.3 is 19.5 Å². The first-order chi connectivity index (χ1) is 15.4. The zero-order valence-corrected chi connectivity index (χ0v) is 19.2. The second-order valence-electron chi connectivity index (χ2n) is 7.69. The molecule has 1 heterocycles. The van der Waals surface area contributed by atoms with Crippen molar-refractivity contribution in [2.75, 3.05) is 11.9 Å². The Hall–Kier alpha value is -3.38. The van der Waals surface area contributed by atoms with E-state index in [1.165, 1.54) is 0 Å². The van der Waals surface area contributed by atoms with Crippen molar-refractivity contribution in [3.8, 4) is 17.2 Å². The number of ether oxygens (including phenoxy) is 3. The molecule has 168 valence electrons. The first kappa shape index (κ1) is 23.3. The summed E-state index contributed by atoms with van der Waals surface area (Å²) in [4.78, 5) is 17.2. The highest BCUT2D eigenvalue weighted by atomic mass is 16.5. The van der Waals surface area contributed by atoms with Crippen LogP contribution in [0.2, 0.25) is 0 Å². The molecule has 1 N–H and O–H groups in total. The molecule has 0 bridgehead atoms. The van der Waals surface area contributed by atoms with Crippen LogP contribution < -0.4 is 14.8 Å². The van der Waals surface area contributed by atoms with E-state index >= 15 is 0 Å². The summed E-state index contributed by atoms with van der Waals surface area (Å²) in [5.74, 6) is 1.98. The van der Waals surface area contributed by atoms with Crippen LogP contribution in [0.1, 0.15) is 55.5 Å². The van der Waals surface area contributed by atoms with Crippen LogP contribution in [0.4, 0.5) is 5.69 Å². The molecular weight excluding hydrogens is 404 g/mol. The van der Waals surface area contributed by atoms with Gasteiger partial charge in [0.25, 0.3) is 5.91 Å². The molecule has 0 aliphatic heterocycles. The van der Waals surface area contributed by atoms with Gasteiger partial charge in [-0.15, -0.1) is 0 Å². The summed E-state index contributed by atoms with van der Waals surface area (Å²) < 4.78 is 17.1. The third-order valence-corrected chi connectivity index (χ3v) is 4.73. The van der Waals surface area contributed by atoms with Gasteiger partial charge in [0.1, 0.15) is 17.2 Å². The van der Waals surface area contributed by atoms with E-state index in [0.717, 1.165) is 11.4 Å². The van der Waals surface area contributed by atoms with Gasteiger partial charge in [-0.1, -0.05) is 0 Å². The van der Waals surface area contributed by atoms with Crippen molar-refractivity contribution in [3.05, 3.63) is 77.6 Å². The standard InChI is InChI=1S/C26H30N2O4/c1-6-30-19(5)25-16-15-24(18(4)27-25)26(29)28-20-7-9-22(10-8-20)32-23-13-11-21(12-14-23)31-17(2)3/h7-17,19H,6H2,1-5H3,(H,28,29). The normalized spacial score (nSPS) is 11.8. The summed E-state index contributed by atoms with van der Waals surface area (Å²) in [7, 11) is 0. The number of anilines is 1. The van der Waals surface area contributed by atoms with Crippen LogP contribution in [-0.2, 0) is 4.74 Å². The van der Waals surface area contributed by atoms with Crippen molar-refractivity contribution in [2.45, 2.75) is 46.8 Å². The monoisotopic (exact) mass is 434 g/mol. The molecule has 1 aromatic heterocycles. The number of carbonyl (C=O) groups is 1. The number of aromatic nitrogens is 1. The lowest BCUT2D eigenvalue weighted by molar-refractivity contribution is 0.0732. The predicted molar refractivity (Wildman–Crippen MR) is 126 cm³/mol. The summed E-state index contributed by atoms with van der Waals surface area (Å²) in [6.45, 7) is 10.3. The number of carbonyl (C=O) groups excluding carboxylic acids is 1. The number of aryl methyl sites for hydroxylation is 1. The summed E-state index contributed by atoms with van der Waals surface area (Å²) in [5.41, 5.74) is 2.68. The van der Waals surface area contributed by atoms with Gasteiger partial charge in [-0.3, -0.25) is 9.78 Å². The Kier molecular flexibility index (Phi) is 7.84. The largest absolute Gasteiger partial charge is 0.491 e. The molecule has 0 radical (unpaired) electrons. The fraction of sp³-hybridized carbons (Fsp3) is 0.308. The van der Waals surface area contributed by atoms with Gasteiger partial charge in [0.05, 0.1) is 29.2 Å². The Morgan fingerprint density at radius 3 is 2.06 bits per heavy atom. The van der Waals surface area contributed by atoms with Crippen LogP contribution in [0.3, 0.4) is 0 Å². The molecule has 0 spiro atoms. The smallest absolute Gasteiger partial charge is 0.257 e. The summed E-state index contributed by atoms with van der Waals surface area (Å²) in [6.07, 6.45) is 0.0166. The number of nitrogens with zero attached hydrogens (tertiary/aromatic N) is 1. The molecule has 0 aliphatic rings. The number of rotatable bonds is 9. The number of amides is 1. The van der Waals surface area contributed by atoms with Crippen LogP contribution in [0.25, 0.3) is 0 Å². The molecule has 3 aromatic rings.